The van der Waals surface area contributed by atoms with Crippen molar-refractivity contribution in [3.63, 3.8) is 0 Å². The standard InChI is InChI=1S/C29H33Cl2F3N2O2.C2H4O2/c1-17-14-36(15-26(17)33)28(37)24-12-23(19-3-4-19)27(13-25(24)32)38-16-29(34)5-7-35(8-6-29)18(2)20-9-21(30)11-22(31)10-20;1-4-2-3/h9-13,17-19,26H,3-8,14-16H2,1-2H3;2H,1H3. The van der Waals surface area contributed by atoms with Crippen molar-refractivity contribution in [1.82, 2.24) is 9.80 Å². The van der Waals surface area contributed by atoms with Crippen LogP contribution in [0.1, 0.15) is 73.0 Å². The lowest BCUT2D eigenvalue weighted by atomic mass is 9.92. The molecule has 1 aliphatic carbocycles. The van der Waals surface area contributed by atoms with Gasteiger partial charge in [0, 0.05) is 47.7 Å². The van der Waals surface area contributed by atoms with E-state index < -0.39 is 23.6 Å². The minimum absolute atomic E-state index is 0.0270. The van der Waals surface area contributed by atoms with Crippen LogP contribution >= 0.6 is 23.2 Å². The van der Waals surface area contributed by atoms with Crippen LogP contribution in [0.2, 0.25) is 10.0 Å². The second-order valence-electron chi connectivity index (χ2n) is 11.5. The fraction of sp³-hybridized carbons (Fsp3) is 0.548. The summed E-state index contributed by atoms with van der Waals surface area (Å²) in [7, 11) is 1.31. The van der Waals surface area contributed by atoms with E-state index in [0.29, 0.717) is 35.4 Å². The molecule has 5 rings (SSSR count). The highest BCUT2D eigenvalue weighted by atomic mass is 35.5. The summed E-state index contributed by atoms with van der Waals surface area (Å²) in [6.07, 6.45) is 1.27. The van der Waals surface area contributed by atoms with Crippen LogP contribution in [0.3, 0.4) is 0 Å². The number of likely N-dealkylation sites (tertiary alicyclic amines) is 2. The number of alkyl halides is 2. The Bertz CT molecular complexity index is 1240. The molecule has 0 radical (unpaired) electrons. The highest BCUT2D eigenvalue weighted by Gasteiger charge is 2.39. The Labute approximate surface area is 255 Å². The molecule has 11 heteroatoms. The molecule has 6 nitrogen and oxygen atoms in total. The molecule has 3 aliphatic rings. The van der Waals surface area contributed by atoms with Gasteiger partial charge in [-0.2, -0.15) is 0 Å². The lowest BCUT2D eigenvalue weighted by molar-refractivity contribution is -0.126. The third kappa shape index (κ3) is 7.91. The molecular formula is C31H37Cl2F3N2O4. The smallest absolute Gasteiger partial charge is 0.292 e. The number of amides is 1. The normalized spacial score (nSPS) is 22.6. The van der Waals surface area contributed by atoms with Gasteiger partial charge in [0.05, 0.1) is 19.2 Å². The molecule has 0 bridgehead atoms. The van der Waals surface area contributed by atoms with Gasteiger partial charge in [0.2, 0.25) is 0 Å². The monoisotopic (exact) mass is 628 g/mol. The van der Waals surface area contributed by atoms with Crippen molar-refractivity contribution >= 4 is 35.6 Å². The van der Waals surface area contributed by atoms with Gasteiger partial charge >= 0.3 is 0 Å². The summed E-state index contributed by atoms with van der Waals surface area (Å²) in [6, 6.07) is 8.21. The van der Waals surface area contributed by atoms with Gasteiger partial charge in [-0.3, -0.25) is 14.5 Å². The zero-order valence-electron chi connectivity index (χ0n) is 24.1. The number of hydrogen-bond donors (Lipinski definition) is 0. The molecule has 1 amide bonds. The molecule has 2 heterocycles. The minimum Gasteiger partial charge on any atom is -0.490 e. The lowest BCUT2D eigenvalue weighted by Crippen LogP contribution is -2.45. The van der Waals surface area contributed by atoms with E-state index in [1.807, 2.05) is 19.1 Å². The van der Waals surface area contributed by atoms with Crippen LogP contribution in [-0.2, 0) is 9.53 Å². The van der Waals surface area contributed by atoms with Gasteiger partial charge in [0.1, 0.15) is 30.0 Å². The SMILES string of the molecule is CC1CN(C(=O)c2cc(C3CC3)c(OCC3(F)CCN(C(C)c4cc(Cl)cc(Cl)c4)CC3)cc2F)CC1F.COC=O. The average Bonchev–Trinajstić information content (AvgIpc) is 3.75. The van der Waals surface area contributed by atoms with E-state index in [1.54, 1.807) is 13.0 Å². The van der Waals surface area contributed by atoms with Gasteiger partial charge in [-0.05, 0) is 73.9 Å². The number of methoxy groups -OCH3 is 1. The predicted octanol–water partition coefficient (Wildman–Crippen LogP) is 7.17. The Balaban J connectivity index is 0.000000952. The number of hydrogen-bond acceptors (Lipinski definition) is 5. The first-order valence-corrected chi connectivity index (χ1v) is 14.9. The van der Waals surface area contributed by atoms with Gasteiger partial charge in [0.15, 0.2) is 0 Å². The van der Waals surface area contributed by atoms with E-state index in [9.17, 15) is 9.18 Å². The molecule has 230 valence electrons. The van der Waals surface area contributed by atoms with Crippen molar-refractivity contribution in [2.75, 3.05) is 39.9 Å². The Morgan fingerprint density at radius 3 is 2.26 bits per heavy atom. The molecule has 0 aromatic heterocycles. The lowest BCUT2D eigenvalue weighted by Gasteiger charge is -2.39. The molecule has 3 fully saturated rings. The molecule has 1 saturated carbocycles. The first kappa shape index (κ1) is 32.4. The molecule has 3 unspecified atom stereocenters. The molecule has 0 spiro atoms. The second kappa shape index (κ2) is 13.9. The molecule has 2 aromatic carbocycles. The number of ether oxygens (including phenoxy) is 2. The molecule has 2 saturated heterocycles. The van der Waals surface area contributed by atoms with Crippen molar-refractivity contribution in [2.24, 2.45) is 5.92 Å². The summed E-state index contributed by atoms with van der Waals surface area (Å²) in [4.78, 5) is 25.5. The third-order valence-electron chi connectivity index (χ3n) is 8.35. The number of carbonyl (C=O) groups is 2. The van der Waals surface area contributed by atoms with Crippen molar-refractivity contribution in [1.29, 1.82) is 0 Å². The zero-order valence-corrected chi connectivity index (χ0v) is 25.6. The van der Waals surface area contributed by atoms with Crippen molar-refractivity contribution in [2.45, 2.75) is 63.3 Å². The van der Waals surface area contributed by atoms with Gasteiger partial charge in [-0.1, -0.05) is 30.1 Å². The predicted molar refractivity (Wildman–Crippen MR) is 156 cm³/mol. The summed E-state index contributed by atoms with van der Waals surface area (Å²) in [6.45, 7) is 5.29. The van der Waals surface area contributed by atoms with Crippen molar-refractivity contribution < 1.29 is 32.2 Å². The van der Waals surface area contributed by atoms with E-state index in [0.717, 1.165) is 24.0 Å². The Morgan fingerprint density at radius 1 is 1.12 bits per heavy atom. The highest BCUT2D eigenvalue weighted by molar-refractivity contribution is 6.34. The van der Waals surface area contributed by atoms with Crippen LogP contribution in [0, 0.1) is 11.7 Å². The third-order valence-corrected chi connectivity index (χ3v) is 8.78. The Morgan fingerprint density at radius 2 is 1.74 bits per heavy atom. The van der Waals surface area contributed by atoms with Crippen LogP contribution in [0.4, 0.5) is 13.2 Å². The summed E-state index contributed by atoms with van der Waals surface area (Å²) >= 11 is 12.3. The molecule has 2 aromatic rings. The van der Waals surface area contributed by atoms with E-state index in [2.05, 4.69) is 9.64 Å². The largest absolute Gasteiger partial charge is 0.490 e. The first-order valence-electron chi connectivity index (χ1n) is 14.2. The summed E-state index contributed by atoms with van der Waals surface area (Å²) in [5, 5.41) is 1.13. The van der Waals surface area contributed by atoms with Crippen molar-refractivity contribution in [3.8, 4) is 5.75 Å². The fourth-order valence-electron chi connectivity index (χ4n) is 5.53. The second-order valence-corrected chi connectivity index (χ2v) is 12.4. The summed E-state index contributed by atoms with van der Waals surface area (Å²) < 4.78 is 54.6. The van der Waals surface area contributed by atoms with Crippen LogP contribution < -0.4 is 4.74 Å². The summed E-state index contributed by atoms with van der Waals surface area (Å²) in [5.74, 6) is -1.05. The van der Waals surface area contributed by atoms with Crippen LogP contribution in [0.5, 0.6) is 5.75 Å². The van der Waals surface area contributed by atoms with Gasteiger partial charge in [-0.15, -0.1) is 0 Å². The van der Waals surface area contributed by atoms with E-state index in [1.165, 1.54) is 24.1 Å². The molecule has 42 heavy (non-hydrogen) atoms. The molecule has 3 atom stereocenters. The maximum absolute atomic E-state index is 15.8. The maximum atomic E-state index is 15.8. The van der Waals surface area contributed by atoms with E-state index in [4.69, 9.17) is 32.7 Å². The number of nitrogens with zero attached hydrogens (tertiary/aromatic N) is 2. The molecule has 0 N–H and O–H groups in total. The average molecular weight is 630 g/mol. The first-order chi connectivity index (χ1) is 19.9. The van der Waals surface area contributed by atoms with Crippen molar-refractivity contribution in [3.05, 3.63) is 62.9 Å². The minimum atomic E-state index is -1.55. The Kier molecular flexibility index (Phi) is 10.7. The highest BCUT2D eigenvalue weighted by Crippen LogP contribution is 2.46. The zero-order chi connectivity index (χ0) is 30.6. The topological polar surface area (TPSA) is 59.1 Å². The Hall–Kier alpha value is -2.49. The number of benzene rings is 2. The van der Waals surface area contributed by atoms with E-state index in [-0.39, 0.29) is 56.0 Å². The van der Waals surface area contributed by atoms with Gasteiger partial charge in [0.25, 0.3) is 12.4 Å². The number of piperidine rings is 1. The van der Waals surface area contributed by atoms with E-state index >= 15 is 8.78 Å². The van der Waals surface area contributed by atoms with Gasteiger partial charge < -0.3 is 14.4 Å². The fourth-order valence-corrected chi connectivity index (χ4v) is 6.07. The number of carbonyl (C=O) groups excluding carboxylic acids is 2. The molecule has 2 aliphatic heterocycles. The van der Waals surface area contributed by atoms with Gasteiger partial charge in [-0.25, -0.2) is 13.2 Å². The van der Waals surface area contributed by atoms with Crippen LogP contribution in [-0.4, -0.2) is 73.9 Å². The quantitative estimate of drug-likeness (QED) is 0.290. The number of rotatable bonds is 8. The maximum Gasteiger partial charge on any atom is 0.292 e. The van der Waals surface area contributed by atoms with Crippen LogP contribution in [0.25, 0.3) is 0 Å². The molecular weight excluding hydrogens is 592 g/mol. The number of halogens is 5. The van der Waals surface area contributed by atoms with Crippen LogP contribution in [0.15, 0.2) is 30.3 Å². The summed E-state index contributed by atoms with van der Waals surface area (Å²) in [5.41, 5.74) is 0.0930.